The molecule has 0 bridgehead atoms. The molecule has 1 saturated heterocycles. The van der Waals surface area contributed by atoms with Gasteiger partial charge in [-0.3, -0.25) is 4.79 Å². The minimum atomic E-state index is 0.0440. The van der Waals surface area contributed by atoms with Crippen LogP contribution < -0.4 is 10.6 Å². The first-order chi connectivity index (χ1) is 9.24. The monoisotopic (exact) mass is 260 g/mol. The van der Waals surface area contributed by atoms with Crippen LogP contribution in [0.5, 0.6) is 0 Å². The standard InChI is InChI=1S/C16H24N2O/c1-13(19)18-11-8-14-2-4-15(5-3-14)12-16-6-9-17-10-7-16/h2-5,16-17H,6-12H2,1H3,(H,18,19). The van der Waals surface area contributed by atoms with Crippen LogP contribution in [-0.4, -0.2) is 25.5 Å². The van der Waals surface area contributed by atoms with Crippen molar-refractivity contribution in [2.75, 3.05) is 19.6 Å². The van der Waals surface area contributed by atoms with Crippen molar-refractivity contribution in [3.05, 3.63) is 35.4 Å². The van der Waals surface area contributed by atoms with E-state index < -0.39 is 0 Å². The van der Waals surface area contributed by atoms with E-state index in [0.29, 0.717) is 0 Å². The number of carbonyl (C=O) groups excluding carboxylic acids is 1. The van der Waals surface area contributed by atoms with Gasteiger partial charge in [0.1, 0.15) is 0 Å². The average Bonchev–Trinajstić information content (AvgIpc) is 2.42. The van der Waals surface area contributed by atoms with Crippen LogP contribution in [0.25, 0.3) is 0 Å². The van der Waals surface area contributed by atoms with Gasteiger partial charge in [0.15, 0.2) is 0 Å². The number of nitrogens with one attached hydrogen (secondary N) is 2. The number of rotatable bonds is 5. The number of carbonyl (C=O) groups is 1. The van der Waals surface area contributed by atoms with Gasteiger partial charge in [-0.15, -0.1) is 0 Å². The smallest absolute Gasteiger partial charge is 0.216 e. The summed E-state index contributed by atoms with van der Waals surface area (Å²) in [4.78, 5) is 10.8. The Morgan fingerprint density at radius 3 is 2.47 bits per heavy atom. The zero-order valence-electron chi connectivity index (χ0n) is 11.7. The van der Waals surface area contributed by atoms with E-state index in [1.165, 1.54) is 43.5 Å². The highest BCUT2D eigenvalue weighted by atomic mass is 16.1. The van der Waals surface area contributed by atoms with Crippen LogP contribution >= 0.6 is 0 Å². The van der Waals surface area contributed by atoms with Crippen LogP contribution in [0.3, 0.4) is 0 Å². The maximum Gasteiger partial charge on any atom is 0.216 e. The second-order valence-electron chi connectivity index (χ2n) is 5.45. The highest BCUT2D eigenvalue weighted by Crippen LogP contribution is 2.18. The molecule has 1 heterocycles. The van der Waals surface area contributed by atoms with Crippen LogP contribution in [0.1, 0.15) is 30.9 Å². The fourth-order valence-corrected chi connectivity index (χ4v) is 2.64. The molecule has 2 rings (SSSR count). The number of benzene rings is 1. The van der Waals surface area contributed by atoms with Gasteiger partial charge in [0.05, 0.1) is 0 Å². The summed E-state index contributed by atoms with van der Waals surface area (Å²) in [6.07, 6.45) is 4.70. The van der Waals surface area contributed by atoms with Gasteiger partial charge in [0.2, 0.25) is 5.91 Å². The highest BCUT2D eigenvalue weighted by molar-refractivity contribution is 5.72. The third-order valence-corrected chi connectivity index (χ3v) is 3.79. The van der Waals surface area contributed by atoms with Crippen molar-refractivity contribution >= 4 is 5.91 Å². The average molecular weight is 260 g/mol. The van der Waals surface area contributed by atoms with E-state index in [9.17, 15) is 4.79 Å². The summed E-state index contributed by atoms with van der Waals surface area (Å²) in [6.45, 7) is 4.62. The molecule has 0 atom stereocenters. The molecule has 3 nitrogen and oxygen atoms in total. The van der Waals surface area contributed by atoms with Crippen LogP contribution in [0.2, 0.25) is 0 Å². The van der Waals surface area contributed by atoms with Gasteiger partial charge in [-0.25, -0.2) is 0 Å². The lowest BCUT2D eigenvalue weighted by Gasteiger charge is -2.22. The van der Waals surface area contributed by atoms with Gasteiger partial charge in [0.25, 0.3) is 0 Å². The molecular weight excluding hydrogens is 236 g/mol. The quantitative estimate of drug-likeness (QED) is 0.849. The molecule has 2 N–H and O–H groups in total. The van der Waals surface area contributed by atoms with Crippen molar-refractivity contribution in [2.45, 2.75) is 32.6 Å². The predicted molar refractivity (Wildman–Crippen MR) is 78.1 cm³/mol. The Bertz CT molecular complexity index is 394. The summed E-state index contributed by atoms with van der Waals surface area (Å²) in [5, 5.41) is 6.24. The van der Waals surface area contributed by atoms with Gasteiger partial charge < -0.3 is 10.6 Å². The fourth-order valence-electron chi connectivity index (χ4n) is 2.64. The molecule has 1 aliphatic rings. The molecule has 0 spiro atoms. The lowest BCUT2D eigenvalue weighted by Crippen LogP contribution is -2.28. The first kappa shape index (κ1) is 14.1. The highest BCUT2D eigenvalue weighted by Gasteiger charge is 2.13. The van der Waals surface area contributed by atoms with Crippen LogP contribution in [0, 0.1) is 5.92 Å². The summed E-state index contributed by atoms with van der Waals surface area (Å²) in [5.41, 5.74) is 2.73. The maximum absolute atomic E-state index is 10.8. The third-order valence-electron chi connectivity index (χ3n) is 3.79. The fraction of sp³-hybridized carbons (Fsp3) is 0.562. The molecule has 1 aliphatic heterocycles. The van der Waals surface area contributed by atoms with Gasteiger partial charge in [0, 0.05) is 13.5 Å². The van der Waals surface area contributed by atoms with Gasteiger partial charge in [-0.1, -0.05) is 24.3 Å². The Hall–Kier alpha value is -1.35. The molecule has 0 aromatic heterocycles. The van der Waals surface area contributed by atoms with Crippen molar-refractivity contribution in [3.8, 4) is 0 Å². The van der Waals surface area contributed by atoms with Crippen molar-refractivity contribution < 1.29 is 4.79 Å². The van der Waals surface area contributed by atoms with Crippen molar-refractivity contribution in [1.82, 2.24) is 10.6 Å². The summed E-state index contributed by atoms with van der Waals surface area (Å²) < 4.78 is 0. The van der Waals surface area contributed by atoms with Crippen LogP contribution in [0.4, 0.5) is 0 Å². The Morgan fingerprint density at radius 2 is 1.84 bits per heavy atom. The lowest BCUT2D eigenvalue weighted by molar-refractivity contribution is -0.118. The molecule has 1 aromatic rings. The predicted octanol–water partition coefficient (Wildman–Crippen LogP) is 1.91. The van der Waals surface area contributed by atoms with Crippen molar-refractivity contribution in [3.63, 3.8) is 0 Å². The number of piperidine rings is 1. The Balaban J connectivity index is 1.78. The van der Waals surface area contributed by atoms with E-state index in [0.717, 1.165) is 18.9 Å². The molecule has 3 heteroatoms. The zero-order valence-corrected chi connectivity index (χ0v) is 11.7. The first-order valence-corrected chi connectivity index (χ1v) is 7.27. The van der Waals surface area contributed by atoms with E-state index in [-0.39, 0.29) is 5.91 Å². The van der Waals surface area contributed by atoms with E-state index >= 15 is 0 Å². The van der Waals surface area contributed by atoms with Crippen molar-refractivity contribution in [2.24, 2.45) is 5.92 Å². The minimum Gasteiger partial charge on any atom is -0.356 e. The first-order valence-electron chi connectivity index (χ1n) is 7.27. The van der Waals surface area contributed by atoms with E-state index in [1.54, 1.807) is 6.92 Å². The molecule has 104 valence electrons. The summed E-state index contributed by atoms with van der Waals surface area (Å²) >= 11 is 0. The van der Waals surface area contributed by atoms with Gasteiger partial charge in [-0.05, 0) is 55.8 Å². The number of amides is 1. The van der Waals surface area contributed by atoms with E-state index in [1.807, 2.05) is 0 Å². The molecule has 1 amide bonds. The zero-order chi connectivity index (χ0) is 13.5. The molecule has 1 fully saturated rings. The van der Waals surface area contributed by atoms with E-state index in [2.05, 4.69) is 34.9 Å². The second kappa shape index (κ2) is 7.29. The topological polar surface area (TPSA) is 41.1 Å². The Labute approximate surface area is 115 Å². The van der Waals surface area contributed by atoms with Crippen LogP contribution in [-0.2, 0) is 17.6 Å². The summed E-state index contributed by atoms with van der Waals surface area (Å²) in [6, 6.07) is 8.87. The molecule has 0 unspecified atom stereocenters. The third kappa shape index (κ3) is 5.03. The molecular formula is C16H24N2O. The SMILES string of the molecule is CC(=O)NCCc1ccc(CC2CCNCC2)cc1. The summed E-state index contributed by atoms with van der Waals surface area (Å²) in [5.74, 6) is 0.883. The molecule has 19 heavy (non-hydrogen) atoms. The molecule has 0 radical (unpaired) electrons. The van der Waals surface area contributed by atoms with Gasteiger partial charge in [-0.2, -0.15) is 0 Å². The largest absolute Gasteiger partial charge is 0.356 e. The number of hydrogen-bond acceptors (Lipinski definition) is 2. The molecule has 0 aliphatic carbocycles. The molecule has 1 aromatic carbocycles. The lowest BCUT2D eigenvalue weighted by atomic mass is 9.90. The normalized spacial score (nSPS) is 16.3. The van der Waals surface area contributed by atoms with Crippen molar-refractivity contribution in [1.29, 1.82) is 0 Å². The summed E-state index contributed by atoms with van der Waals surface area (Å²) in [7, 11) is 0. The maximum atomic E-state index is 10.8. The second-order valence-corrected chi connectivity index (χ2v) is 5.45. The Morgan fingerprint density at radius 1 is 1.21 bits per heavy atom. The van der Waals surface area contributed by atoms with Crippen LogP contribution in [0.15, 0.2) is 24.3 Å². The van der Waals surface area contributed by atoms with E-state index in [4.69, 9.17) is 0 Å². The van der Waals surface area contributed by atoms with Gasteiger partial charge >= 0.3 is 0 Å². The Kier molecular flexibility index (Phi) is 5.40. The minimum absolute atomic E-state index is 0.0440. The molecule has 0 saturated carbocycles. The number of hydrogen-bond donors (Lipinski definition) is 2.